The lowest BCUT2D eigenvalue weighted by Crippen LogP contribution is -2.16. The maximum Gasteiger partial charge on any atom is 0.230 e. The molecule has 0 aliphatic rings. The first-order chi connectivity index (χ1) is 9.93. The molecule has 2 aromatic rings. The number of benzene rings is 1. The third-order valence-electron chi connectivity index (χ3n) is 3.11. The maximum atomic E-state index is 8.91. The highest BCUT2D eigenvalue weighted by atomic mass is 35.5. The van der Waals surface area contributed by atoms with E-state index in [4.69, 9.17) is 27.3 Å². The fourth-order valence-corrected chi connectivity index (χ4v) is 2.45. The molecular formula is C15H16ClN3O2. The summed E-state index contributed by atoms with van der Waals surface area (Å²) in [6.45, 7) is 5.63. The number of aryl methyl sites for hydroxylation is 3. The van der Waals surface area contributed by atoms with Gasteiger partial charge in [0.25, 0.3) is 0 Å². The van der Waals surface area contributed by atoms with Gasteiger partial charge in [0.2, 0.25) is 5.88 Å². The SMILES string of the molecule is Cc1cc(Cl)cc(C)c1Oc1nccc(C)c1/C(N)=N/O. The minimum atomic E-state index is -0.0418. The Hall–Kier alpha value is -2.27. The molecule has 3 N–H and O–H groups in total. The summed E-state index contributed by atoms with van der Waals surface area (Å²) >= 11 is 6.01. The van der Waals surface area contributed by atoms with Crippen molar-refractivity contribution in [1.29, 1.82) is 0 Å². The molecule has 0 radical (unpaired) electrons. The molecule has 1 aromatic carbocycles. The van der Waals surface area contributed by atoms with Crippen LogP contribution in [0.3, 0.4) is 0 Å². The van der Waals surface area contributed by atoms with Gasteiger partial charge in [-0.05, 0) is 55.7 Å². The van der Waals surface area contributed by atoms with Gasteiger partial charge in [0.05, 0.1) is 5.56 Å². The van der Waals surface area contributed by atoms with E-state index in [0.29, 0.717) is 22.2 Å². The Labute approximate surface area is 128 Å². The van der Waals surface area contributed by atoms with E-state index in [1.807, 2.05) is 32.9 Å². The average molecular weight is 306 g/mol. The zero-order valence-corrected chi connectivity index (χ0v) is 12.8. The number of ether oxygens (including phenoxy) is 1. The number of oxime groups is 1. The van der Waals surface area contributed by atoms with Crippen molar-refractivity contribution < 1.29 is 9.94 Å². The van der Waals surface area contributed by atoms with Gasteiger partial charge in [-0.25, -0.2) is 4.98 Å². The molecule has 1 aromatic heterocycles. The minimum absolute atomic E-state index is 0.0418. The Morgan fingerprint density at radius 1 is 1.24 bits per heavy atom. The Morgan fingerprint density at radius 2 is 1.86 bits per heavy atom. The van der Waals surface area contributed by atoms with Crippen molar-refractivity contribution in [1.82, 2.24) is 4.98 Å². The zero-order chi connectivity index (χ0) is 15.6. The topological polar surface area (TPSA) is 80.7 Å². The van der Waals surface area contributed by atoms with E-state index >= 15 is 0 Å². The monoisotopic (exact) mass is 305 g/mol. The molecule has 110 valence electrons. The van der Waals surface area contributed by atoms with Gasteiger partial charge in [-0.2, -0.15) is 0 Å². The number of amidine groups is 1. The van der Waals surface area contributed by atoms with Crippen LogP contribution in [0.4, 0.5) is 0 Å². The fraction of sp³-hybridized carbons (Fsp3) is 0.200. The van der Waals surface area contributed by atoms with Crippen LogP contribution in [0.5, 0.6) is 11.6 Å². The molecule has 1 heterocycles. The number of rotatable bonds is 3. The van der Waals surface area contributed by atoms with Gasteiger partial charge < -0.3 is 15.7 Å². The highest BCUT2D eigenvalue weighted by Gasteiger charge is 2.16. The van der Waals surface area contributed by atoms with E-state index in [-0.39, 0.29) is 5.84 Å². The highest BCUT2D eigenvalue weighted by Crippen LogP contribution is 2.32. The van der Waals surface area contributed by atoms with Crippen molar-refractivity contribution in [3.05, 3.63) is 51.7 Å². The molecular weight excluding hydrogens is 290 g/mol. The second kappa shape index (κ2) is 6.01. The summed E-state index contributed by atoms with van der Waals surface area (Å²) in [6.07, 6.45) is 1.61. The van der Waals surface area contributed by atoms with Gasteiger partial charge in [0.15, 0.2) is 5.84 Å². The predicted octanol–water partition coefficient (Wildman–Crippen LogP) is 3.55. The quantitative estimate of drug-likeness (QED) is 0.393. The van der Waals surface area contributed by atoms with Crippen LogP contribution < -0.4 is 10.5 Å². The Morgan fingerprint density at radius 3 is 2.43 bits per heavy atom. The van der Waals surface area contributed by atoms with E-state index in [2.05, 4.69) is 10.1 Å². The molecule has 0 bridgehead atoms. The van der Waals surface area contributed by atoms with Crippen LogP contribution in [0.25, 0.3) is 0 Å². The van der Waals surface area contributed by atoms with Crippen molar-refractivity contribution >= 4 is 17.4 Å². The van der Waals surface area contributed by atoms with Gasteiger partial charge in [-0.15, -0.1) is 0 Å². The lowest BCUT2D eigenvalue weighted by Gasteiger charge is -2.15. The number of nitrogens with two attached hydrogens (primary N) is 1. The van der Waals surface area contributed by atoms with Crippen LogP contribution >= 0.6 is 11.6 Å². The summed E-state index contributed by atoms with van der Waals surface area (Å²) in [4.78, 5) is 4.18. The van der Waals surface area contributed by atoms with Crippen LogP contribution in [-0.2, 0) is 0 Å². The van der Waals surface area contributed by atoms with Crippen LogP contribution in [0.15, 0.2) is 29.6 Å². The maximum absolute atomic E-state index is 8.91. The van der Waals surface area contributed by atoms with Crippen molar-refractivity contribution in [2.75, 3.05) is 0 Å². The lowest BCUT2D eigenvalue weighted by molar-refractivity contribution is 0.318. The number of hydrogen-bond acceptors (Lipinski definition) is 4. The number of aromatic nitrogens is 1. The van der Waals surface area contributed by atoms with E-state index in [1.165, 1.54) is 0 Å². The third kappa shape index (κ3) is 3.08. The molecule has 0 unspecified atom stereocenters. The van der Waals surface area contributed by atoms with Gasteiger partial charge in [0.1, 0.15) is 5.75 Å². The average Bonchev–Trinajstić information content (AvgIpc) is 2.42. The first-order valence-corrected chi connectivity index (χ1v) is 6.70. The largest absolute Gasteiger partial charge is 0.438 e. The van der Waals surface area contributed by atoms with Crippen molar-refractivity contribution in [3.63, 3.8) is 0 Å². The first-order valence-electron chi connectivity index (χ1n) is 6.32. The van der Waals surface area contributed by atoms with E-state index in [0.717, 1.165) is 16.7 Å². The van der Waals surface area contributed by atoms with Crippen LogP contribution in [0, 0.1) is 20.8 Å². The van der Waals surface area contributed by atoms with Crippen molar-refractivity contribution in [2.24, 2.45) is 10.9 Å². The summed E-state index contributed by atoms with van der Waals surface area (Å²) in [5.41, 5.74) is 8.75. The first kappa shape index (κ1) is 15.1. The van der Waals surface area contributed by atoms with Gasteiger partial charge >= 0.3 is 0 Å². The van der Waals surface area contributed by atoms with Crippen LogP contribution in [0.2, 0.25) is 5.02 Å². The zero-order valence-electron chi connectivity index (χ0n) is 12.0. The van der Waals surface area contributed by atoms with Crippen molar-refractivity contribution in [3.8, 4) is 11.6 Å². The Balaban J connectivity index is 2.53. The summed E-state index contributed by atoms with van der Waals surface area (Å²) in [6, 6.07) is 5.38. The standard InChI is InChI=1S/C15H16ClN3O2/c1-8-4-5-18-15(12(8)14(17)19-20)21-13-9(2)6-11(16)7-10(13)3/h4-7,20H,1-3H3,(H2,17,19). The molecule has 6 heteroatoms. The predicted molar refractivity (Wildman–Crippen MR) is 82.5 cm³/mol. The molecule has 0 atom stereocenters. The normalized spacial score (nSPS) is 11.5. The Kier molecular flexibility index (Phi) is 4.33. The van der Waals surface area contributed by atoms with Gasteiger partial charge in [0, 0.05) is 11.2 Å². The minimum Gasteiger partial charge on any atom is -0.438 e. The fourth-order valence-electron chi connectivity index (χ4n) is 2.13. The Bertz CT molecular complexity index is 691. The number of hydrogen-bond donors (Lipinski definition) is 2. The molecule has 0 saturated carbocycles. The summed E-state index contributed by atoms with van der Waals surface area (Å²) in [5, 5.41) is 12.6. The van der Waals surface area contributed by atoms with Crippen molar-refractivity contribution in [2.45, 2.75) is 20.8 Å². The number of halogens is 1. The lowest BCUT2D eigenvalue weighted by atomic mass is 10.1. The second-order valence-electron chi connectivity index (χ2n) is 4.76. The molecule has 5 nitrogen and oxygen atoms in total. The van der Waals surface area contributed by atoms with Gasteiger partial charge in [-0.1, -0.05) is 16.8 Å². The summed E-state index contributed by atoms with van der Waals surface area (Å²) < 4.78 is 5.89. The van der Waals surface area contributed by atoms with Crippen LogP contribution in [-0.4, -0.2) is 16.0 Å². The molecule has 0 amide bonds. The summed E-state index contributed by atoms with van der Waals surface area (Å²) in [7, 11) is 0. The summed E-state index contributed by atoms with van der Waals surface area (Å²) in [5.74, 6) is 0.906. The molecule has 0 spiro atoms. The van der Waals surface area contributed by atoms with E-state index in [1.54, 1.807) is 12.3 Å². The van der Waals surface area contributed by atoms with Crippen LogP contribution in [0.1, 0.15) is 22.3 Å². The molecule has 0 aliphatic heterocycles. The number of nitrogens with zero attached hydrogens (tertiary/aromatic N) is 2. The van der Waals surface area contributed by atoms with E-state index in [9.17, 15) is 0 Å². The van der Waals surface area contributed by atoms with Gasteiger partial charge in [-0.3, -0.25) is 0 Å². The molecule has 2 rings (SSSR count). The molecule has 0 aliphatic carbocycles. The molecule has 0 saturated heterocycles. The molecule has 21 heavy (non-hydrogen) atoms. The highest BCUT2D eigenvalue weighted by molar-refractivity contribution is 6.30. The number of pyridine rings is 1. The second-order valence-corrected chi connectivity index (χ2v) is 5.20. The molecule has 0 fully saturated rings. The third-order valence-corrected chi connectivity index (χ3v) is 3.33. The smallest absolute Gasteiger partial charge is 0.230 e. The van der Waals surface area contributed by atoms with E-state index < -0.39 is 0 Å².